The van der Waals surface area contributed by atoms with Crippen molar-refractivity contribution in [2.45, 2.75) is 20.3 Å². The van der Waals surface area contributed by atoms with Gasteiger partial charge in [0.15, 0.2) is 0 Å². The molecule has 1 unspecified atom stereocenters. The van der Waals surface area contributed by atoms with E-state index in [9.17, 15) is 4.79 Å². The normalized spacial score (nSPS) is 11.8. The summed E-state index contributed by atoms with van der Waals surface area (Å²) in [6.45, 7) is 4.52. The molecule has 2 amide bonds. The van der Waals surface area contributed by atoms with Crippen LogP contribution in [0.2, 0.25) is 0 Å². The molecule has 1 rings (SSSR count). The number of benzene rings is 1. The number of anilines is 1. The molecule has 1 atom stereocenters. The zero-order valence-electron chi connectivity index (χ0n) is 12.0. The summed E-state index contributed by atoms with van der Waals surface area (Å²) in [5.74, 6) is 0.842. The Bertz CT molecular complexity index is 466. The maximum Gasteiger partial charge on any atom is 0.319 e. The summed E-state index contributed by atoms with van der Waals surface area (Å²) in [5.41, 5.74) is 1.57. The molecule has 0 bridgehead atoms. The highest BCUT2D eigenvalue weighted by atomic mass is 79.9. The molecule has 5 nitrogen and oxygen atoms in total. The molecule has 112 valence electrons. The van der Waals surface area contributed by atoms with Crippen molar-refractivity contribution >= 4 is 27.6 Å². The second-order valence-corrected chi connectivity index (χ2v) is 5.67. The molecule has 3 N–H and O–H groups in total. The van der Waals surface area contributed by atoms with E-state index in [1.165, 1.54) is 0 Å². The van der Waals surface area contributed by atoms with Gasteiger partial charge in [-0.05, 0) is 37.0 Å². The van der Waals surface area contributed by atoms with Crippen LogP contribution in [-0.2, 0) is 0 Å². The molecule has 0 aromatic heterocycles. The number of amides is 2. The van der Waals surface area contributed by atoms with E-state index in [2.05, 4.69) is 26.6 Å². The smallest absolute Gasteiger partial charge is 0.319 e. The van der Waals surface area contributed by atoms with Crippen molar-refractivity contribution in [3.63, 3.8) is 0 Å². The highest BCUT2D eigenvalue weighted by Gasteiger charge is 2.12. The third kappa shape index (κ3) is 5.02. The van der Waals surface area contributed by atoms with Crippen LogP contribution in [0.5, 0.6) is 5.75 Å². The number of nitrogens with one attached hydrogen (secondary N) is 2. The summed E-state index contributed by atoms with van der Waals surface area (Å²) in [6.07, 6.45) is 0.668. The van der Waals surface area contributed by atoms with Gasteiger partial charge in [0.1, 0.15) is 5.75 Å². The molecular formula is C14H21BrN2O3. The number of methoxy groups -OCH3 is 1. The zero-order chi connectivity index (χ0) is 15.1. The number of urea groups is 1. The molecule has 0 saturated heterocycles. The van der Waals surface area contributed by atoms with E-state index < -0.39 is 0 Å². The van der Waals surface area contributed by atoms with Crippen LogP contribution in [-0.4, -0.2) is 31.4 Å². The molecule has 20 heavy (non-hydrogen) atoms. The lowest BCUT2D eigenvalue weighted by molar-refractivity contribution is 0.243. The molecular weight excluding hydrogens is 324 g/mol. The molecule has 0 radical (unpaired) electrons. The fraction of sp³-hybridized carbons (Fsp3) is 0.500. The number of aryl methyl sites for hydroxylation is 1. The van der Waals surface area contributed by atoms with E-state index in [1.54, 1.807) is 13.2 Å². The van der Waals surface area contributed by atoms with Crippen molar-refractivity contribution in [3.8, 4) is 5.75 Å². The van der Waals surface area contributed by atoms with Gasteiger partial charge in [-0.3, -0.25) is 0 Å². The third-order valence-corrected chi connectivity index (χ3v) is 3.41. The minimum atomic E-state index is -0.279. The maximum absolute atomic E-state index is 11.9. The maximum atomic E-state index is 11.9. The number of rotatable bonds is 6. The quantitative estimate of drug-likeness (QED) is 0.742. The summed E-state index contributed by atoms with van der Waals surface area (Å²) < 4.78 is 6.16. The van der Waals surface area contributed by atoms with Crippen LogP contribution in [0.4, 0.5) is 10.5 Å². The summed E-state index contributed by atoms with van der Waals surface area (Å²) in [6, 6.07) is 3.43. The first kappa shape index (κ1) is 16.8. The molecule has 6 heteroatoms. The van der Waals surface area contributed by atoms with Crippen molar-refractivity contribution in [2.24, 2.45) is 5.92 Å². The molecule has 1 aromatic rings. The monoisotopic (exact) mass is 344 g/mol. The van der Waals surface area contributed by atoms with Crippen molar-refractivity contribution in [2.75, 3.05) is 25.6 Å². The molecule has 0 spiro atoms. The number of aliphatic hydroxyl groups is 1. The number of hydrogen-bond acceptors (Lipinski definition) is 3. The van der Waals surface area contributed by atoms with Gasteiger partial charge in [-0.25, -0.2) is 4.79 Å². The van der Waals surface area contributed by atoms with Crippen LogP contribution in [0.15, 0.2) is 16.6 Å². The van der Waals surface area contributed by atoms with E-state index >= 15 is 0 Å². The standard InChI is InChI=1S/C14H21BrN2O3/c1-9(4-5-18)8-16-14(19)17-13-10(2)6-11(15)7-12(13)20-3/h6-7,9,18H,4-5,8H2,1-3H3,(H2,16,17,19). The van der Waals surface area contributed by atoms with Crippen LogP contribution >= 0.6 is 15.9 Å². The van der Waals surface area contributed by atoms with Gasteiger partial charge < -0.3 is 20.5 Å². The van der Waals surface area contributed by atoms with Crippen LogP contribution in [0.25, 0.3) is 0 Å². The largest absolute Gasteiger partial charge is 0.495 e. The van der Waals surface area contributed by atoms with E-state index in [0.717, 1.165) is 10.0 Å². The summed E-state index contributed by atoms with van der Waals surface area (Å²) >= 11 is 3.39. The minimum absolute atomic E-state index is 0.129. The van der Waals surface area contributed by atoms with E-state index in [4.69, 9.17) is 9.84 Å². The highest BCUT2D eigenvalue weighted by Crippen LogP contribution is 2.31. The lowest BCUT2D eigenvalue weighted by Crippen LogP contribution is -2.33. The molecule has 0 aliphatic rings. The van der Waals surface area contributed by atoms with Gasteiger partial charge in [0.05, 0.1) is 12.8 Å². The van der Waals surface area contributed by atoms with Crippen molar-refractivity contribution in [1.29, 1.82) is 0 Å². The molecule has 0 saturated carbocycles. The van der Waals surface area contributed by atoms with Crippen LogP contribution < -0.4 is 15.4 Å². The Morgan fingerprint density at radius 2 is 2.20 bits per heavy atom. The Morgan fingerprint density at radius 1 is 1.50 bits per heavy atom. The number of aliphatic hydroxyl groups excluding tert-OH is 1. The summed E-state index contributed by atoms with van der Waals surface area (Å²) in [4.78, 5) is 11.9. The predicted molar refractivity (Wildman–Crippen MR) is 83.3 cm³/mol. The first-order chi connectivity index (χ1) is 9.47. The number of carbonyl (C=O) groups excluding carboxylic acids is 1. The molecule has 0 heterocycles. The highest BCUT2D eigenvalue weighted by molar-refractivity contribution is 9.10. The lowest BCUT2D eigenvalue weighted by Gasteiger charge is -2.16. The average Bonchev–Trinajstić information content (AvgIpc) is 2.39. The Kier molecular flexibility index (Phi) is 6.81. The van der Waals surface area contributed by atoms with E-state index in [0.29, 0.717) is 24.4 Å². The Hall–Kier alpha value is -1.27. The minimum Gasteiger partial charge on any atom is -0.495 e. The zero-order valence-corrected chi connectivity index (χ0v) is 13.6. The second-order valence-electron chi connectivity index (χ2n) is 4.75. The summed E-state index contributed by atoms with van der Waals surface area (Å²) in [5, 5.41) is 14.4. The Balaban J connectivity index is 2.66. The molecule has 0 aliphatic carbocycles. The molecule has 0 fully saturated rings. The average molecular weight is 345 g/mol. The Labute approximate surface area is 127 Å². The van der Waals surface area contributed by atoms with Crippen LogP contribution in [0.3, 0.4) is 0 Å². The van der Waals surface area contributed by atoms with Gasteiger partial charge in [0.25, 0.3) is 0 Å². The molecule has 0 aliphatic heterocycles. The number of halogens is 1. The Morgan fingerprint density at radius 3 is 2.80 bits per heavy atom. The first-order valence-corrected chi connectivity index (χ1v) is 7.27. The fourth-order valence-corrected chi connectivity index (χ4v) is 2.33. The van der Waals surface area contributed by atoms with Gasteiger partial charge >= 0.3 is 6.03 Å². The fourth-order valence-electron chi connectivity index (χ4n) is 1.78. The van der Waals surface area contributed by atoms with Crippen LogP contribution in [0, 0.1) is 12.8 Å². The van der Waals surface area contributed by atoms with E-state index in [1.807, 2.05) is 19.9 Å². The van der Waals surface area contributed by atoms with E-state index in [-0.39, 0.29) is 18.6 Å². The SMILES string of the molecule is COc1cc(Br)cc(C)c1NC(=O)NCC(C)CCO. The predicted octanol–water partition coefficient (Wildman–Crippen LogP) is 2.91. The number of hydrogen-bond donors (Lipinski definition) is 3. The number of ether oxygens (including phenoxy) is 1. The first-order valence-electron chi connectivity index (χ1n) is 6.47. The lowest BCUT2D eigenvalue weighted by atomic mass is 10.1. The molecule has 1 aromatic carbocycles. The van der Waals surface area contributed by atoms with Crippen molar-refractivity contribution < 1.29 is 14.6 Å². The van der Waals surface area contributed by atoms with Crippen molar-refractivity contribution in [1.82, 2.24) is 5.32 Å². The van der Waals surface area contributed by atoms with Gasteiger partial charge in [-0.1, -0.05) is 22.9 Å². The van der Waals surface area contributed by atoms with Gasteiger partial charge in [0.2, 0.25) is 0 Å². The second kappa shape index (κ2) is 8.11. The summed E-state index contributed by atoms with van der Waals surface area (Å²) in [7, 11) is 1.56. The number of carbonyl (C=O) groups is 1. The topological polar surface area (TPSA) is 70.6 Å². The van der Waals surface area contributed by atoms with Gasteiger partial charge in [0, 0.05) is 17.6 Å². The van der Waals surface area contributed by atoms with Gasteiger partial charge in [-0.15, -0.1) is 0 Å². The third-order valence-electron chi connectivity index (χ3n) is 2.96. The van der Waals surface area contributed by atoms with Crippen molar-refractivity contribution in [3.05, 3.63) is 22.2 Å². The van der Waals surface area contributed by atoms with Gasteiger partial charge in [-0.2, -0.15) is 0 Å². The van der Waals surface area contributed by atoms with Crippen LogP contribution in [0.1, 0.15) is 18.9 Å².